The van der Waals surface area contributed by atoms with Gasteiger partial charge in [-0.15, -0.1) is 0 Å². The lowest BCUT2D eigenvalue weighted by atomic mass is 10.1. The molecule has 3 nitrogen and oxygen atoms in total. The Morgan fingerprint density at radius 2 is 2.00 bits per heavy atom. The van der Waals surface area contributed by atoms with Crippen LogP contribution in [0.2, 0.25) is 0 Å². The van der Waals surface area contributed by atoms with Crippen LogP contribution in [0.5, 0.6) is 0 Å². The Morgan fingerprint density at radius 1 is 1.32 bits per heavy atom. The second-order valence-corrected chi connectivity index (χ2v) is 4.15. The van der Waals surface area contributed by atoms with Gasteiger partial charge in [0.15, 0.2) is 0 Å². The molecule has 0 fully saturated rings. The van der Waals surface area contributed by atoms with Gasteiger partial charge in [-0.25, -0.2) is 4.68 Å². The molecule has 0 spiro atoms. The van der Waals surface area contributed by atoms with Crippen LogP contribution in [0.4, 0.5) is 13.2 Å². The second kappa shape index (κ2) is 5.05. The summed E-state index contributed by atoms with van der Waals surface area (Å²) in [6, 6.07) is 6.72. The van der Waals surface area contributed by atoms with E-state index in [1.807, 2.05) is 0 Å². The molecule has 0 bridgehead atoms. The van der Waals surface area contributed by atoms with Crippen molar-refractivity contribution in [3.63, 3.8) is 0 Å². The maximum atomic E-state index is 12.5. The van der Waals surface area contributed by atoms with E-state index in [4.69, 9.17) is 0 Å². The Morgan fingerprint density at radius 3 is 2.58 bits per heavy atom. The summed E-state index contributed by atoms with van der Waals surface area (Å²) in [5.41, 5.74) is 0.197. The Hall–Kier alpha value is -1.82. The van der Waals surface area contributed by atoms with Crippen molar-refractivity contribution in [2.75, 3.05) is 0 Å². The number of hydrogen-bond acceptors (Lipinski definition) is 2. The molecule has 0 aliphatic rings. The van der Waals surface area contributed by atoms with Crippen molar-refractivity contribution in [3.8, 4) is 5.69 Å². The van der Waals surface area contributed by atoms with Crippen LogP contribution in [0, 0.1) is 0 Å². The third-order valence-electron chi connectivity index (χ3n) is 2.84. The molecule has 2 aromatic rings. The van der Waals surface area contributed by atoms with Gasteiger partial charge in [-0.05, 0) is 12.5 Å². The zero-order valence-electron chi connectivity index (χ0n) is 10.2. The summed E-state index contributed by atoms with van der Waals surface area (Å²) in [6.07, 6.45) is -2.98. The van der Waals surface area contributed by atoms with Gasteiger partial charge in [0.05, 0.1) is 23.6 Å². The third kappa shape index (κ3) is 2.78. The van der Waals surface area contributed by atoms with Crippen molar-refractivity contribution >= 4 is 0 Å². The molecule has 0 saturated heterocycles. The molecule has 0 radical (unpaired) electrons. The number of aromatic nitrogens is 2. The highest BCUT2D eigenvalue weighted by Crippen LogP contribution is 2.30. The fourth-order valence-corrected chi connectivity index (χ4v) is 1.80. The molecule has 1 aromatic heterocycles. The number of nitrogens with zero attached hydrogens (tertiary/aromatic N) is 2. The standard InChI is InChI=1S/C13H13F3N2O/c1-2-12(19)10-5-3-4-6-11(10)18-8-9(7-17-18)13(14,15)16/h3-8,12,19H,2H2,1H3/t12-/m1/s1. The lowest BCUT2D eigenvalue weighted by molar-refractivity contribution is -0.137. The molecule has 0 amide bonds. The number of hydrogen-bond donors (Lipinski definition) is 1. The van der Waals surface area contributed by atoms with Gasteiger partial charge in [0.25, 0.3) is 0 Å². The minimum absolute atomic E-state index is 0.451. The summed E-state index contributed by atoms with van der Waals surface area (Å²) < 4.78 is 38.8. The normalized spacial score (nSPS) is 13.5. The van der Waals surface area contributed by atoms with Crippen LogP contribution < -0.4 is 0 Å². The van der Waals surface area contributed by atoms with Crippen LogP contribution in [0.3, 0.4) is 0 Å². The number of halogens is 3. The van der Waals surface area contributed by atoms with E-state index in [2.05, 4.69) is 5.10 Å². The Labute approximate surface area is 108 Å². The summed E-state index contributed by atoms with van der Waals surface area (Å²) in [5, 5.41) is 13.6. The van der Waals surface area contributed by atoms with E-state index in [9.17, 15) is 18.3 Å². The van der Waals surface area contributed by atoms with Crippen molar-refractivity contribution in [1.82, 2.24) is 9.78 Å². The summed E-state index contributed by atoms with van der Waals surface area (Å²) in [5.74, 6) is 0. The number of rotatable bonds is 3. The van der Waals surface area contributed by atoms with Crippen molar-refractivity contribution in [1.29, 1.82) is 0 Å². The van der Waals surface area contributed by atoms with E-state index < -0.39 is 17.8 Å². The van der Waals surface area contributed by atoms with Crippen LogP contribution >= 0.6 is 0 Å². The highest BCUT2D eigenvalue weighted by atomic mass is 19.4. The molecule has 1 heterocycles. The fraction of sp³-hybridized carbons (Fsp3) is 0.308. The lowest BCUT2D eigenvalue weighted by Crippen LogP contribution is -2.05. The largest absolute Gasteiger partial charge is 0.419 e. The van der Waals surface area contributed by atoms with Gasteiger partial charge in [-0.2, -0.15) is 18.3 Å². The second-order valence-electron chi connectivity index (χ2n) is 4.15. The monoisotopic (exact) mass is 270 g/mol. The van der Waals surface area contributed by atoms with Crippen molar-refractivity contribution in [2.24, 2.45) is 0 Å². The smallest absolute Gasteiger partial charge is 0.388 e. The van der Waals surface area contributed by atoms with Gasteiger partial charge < -0.3 is 5.11 Å². The van der Waals surface area contributed by atoms with Gasteiger partial charge in [-0.3, -0.25) is 0 Å². The summed E-state index contributed by atoms with van der Waals surface area (Å²) in [4.78, 5) is 0. The zero-order valence-corrected chi connectivity index (χ0v) is 10.2. The zero-order chi connectivity index (χ0) is 14.0. The molecule has 6 heteroatoms. The van der Waals surface area contributed by atoms with Crippen LogP contribution in [-0.2, 0) is 6.18 Å². The predicted molar refractivity (Wildman–Crippen MR) is 63.8 cm³/mol. The fourth-order valence-electron chi connectivity index (χ4n) is 1.80. The molecular weight excluding hydrogens is 257 g/mol. The molecule has 102 valence electrons. The van der Waals surface area contributed by atoms with Crippen LogP contribution in [0.1, 0.15) is 30.6 Å². The molecule has 2 rings (SSSR count). The van der Waals surface area contributed by atoms with Gasteiger partial charge in [0.1, 0.15) is 0 Å². The molecule has 0 aliphatic heterocycles. The van der Waals surface area contributed by atoms with E-state index in [0.717, 1.165) is 17.1 Å². The molecule has 1 N–H and O–H groups in total. The first-order chi connectivity index (χ1) is 8.93. The lowest BCUT2D eigenvalue weighted by Gasteiger charge is -2.13. The summed E-state index contributed by atoms with van der Waals surface area (Å²) >= 11 is 0. The molecule has 0 saturated carbocycles. The van der Waals surface area contributed by atoms with Crippen molar-refractivity contribution in [2.45, 2.75) is 25.6 Å². The summed E-state index contributed by atoms with van der Waals surface area (Å²) in [6.45, 7) is 1.80. The van der Waals surface area contributed by atoms with Crippen molar-refractivity contribution < 1.29 is 18.3 Å². The molecule has 19 heavy (non-hydrogen) atoms. The maximum absolute atomic E-state index is 12.5. The van der Waals surface area contributed by atoms with Crippen molar-refractivity contribution in [3.05, 3.63) is 47.8 Å². The Bertz CT molecular complexity index is 563. The summed E-state index contributed by atoms with van der Waals surface area (Å²) in [7, 11) is 0. The van der Waals surface area contributed by atoms with Crippen LogP contribution in [0.25, 0.3) is 5.69 Å². The first-order valence-electron chi connectivity index (χ1n) is 5.82. The maximum Gasteiger partial charge on any atom is 0.419 e. The number of alkyl halides is 3. The predicted octanol–water partition coefficient (Wildman–Crippen LogP) is 3.33. The highest BCUT2D eigenvalue weighted by molar-refractivity contribution is 5.42. The van der Waals surface area contributed by atoms with Gasteiger partial charge in [0, 0.05) is 11.8 Å². The van der Waals surface area contributed by atoms with Crippen LogP contribution in [0.15, 0.2) is 36.7 Å². The molecule has 0 aliphatic carbocycles. The van der Waals surface area contributed by atoms with Gasteiger partial charge in [-0.1, -0.05) is 25.1 Å². The van der Waals surface area contributed by atoms with Crippen LogP contribution in [-0.4, -0.2) is 14.9 Å². The minimum atomic E-state index is -4.42. The van der Waals surface area contributed by atoms with E-state index in [0.29, 0.717) is 17.7 Å². The first-order valence-corrected chi connectivity index (χ1v) is 5.82. The molecule has 1 aromatic carbocycles. The molecular formula is C13H13F3N2O. The third-order valence-corrected chi connectivity index (χ3v) is 2.84. The SMILES string of the molecule is CC[C@@H](O)c1ccccc1-n1cc(C(F)(F)F)cn1. The molecule has 1 atom stereocenters. The van der Waals surface area contributed by atoms with E-state index >= 15 is 0 Å². The number of benzene rings is 1. The van der Waals surface area contributed by atoms with Gasteiger partial charge in [0.2, 0.25) is 0 Å². The Kier molecular flexibility index (Phi) is 3.61. The minimum Gasteiger partial charge on any atom is -0.388 e. The van der Waals surface area contributed by atoms with E-state index in [1.54, 1.807) is 31.2 Å². The number of para-hydroxylation sites is 1. The first kappa shape index (κ1) is 13.6. The van der Waals surface area contributed by atoms with E-state index in [1.165, 1.54) is 0 Å². The number of aliphatic hydroxyl groups excluding tert-OH is 1. The quantitative estimate of drug-likeness (QED) is 0.929. The molecule has 0 unspecified atom stereocenters. The average molecular weight is 270 g/mol. The van der Waals surface area contributed by atoms with E-state index in [-0.39, 0.29) is 0 Å². The highest BCUT2D eigenvalue weighted by Gasteiger charge is 2.32. The topological polar surface area (TPSA) is 38.0 Å². The average Bonchev–Trinajstić information content (AvgIpc) is 2.87. The Balaban J connectivity index is 2.45. The number of aliphatic hydroxyl groups is 1. The van der Waals surface area contributed by atoms with Gasteiger partial charge >= 0.3 is 6.18 Å².